The Labute approximate surface area is 216 Å². The van der Waals surface area contributed by atoms with Crippen molar-refractivity contribution in [3.05, 3.63) is 77.9 Å². The van der Waals surface area contributed by atoms with Crippen LogP contribution in [0.2, 0.25) is 0 Å². The molecule has 1 N–H and O–H groups in total. The van der Waals surface area contributed by atoms with E-state index in [2.05, 4.69) is 5.32 Å². The van der Waals surface area contributed by atoms with E-state index in [1.807, 2.05) is 31.2 Å². The molecule has 3 aromatic rings. The summed E-state index contributed by atoms with van der Waals surface area (Å²) in [4.78, 5) is 27.1. The van der Waals surface area contributed by atoms with Gasteiger partial charge in [0.05, 0.1) is 17.2 Å². The van der Waals surface area contributed by atoms with Crippen molar-refractivity contribution >= 4 is 33.2 Å². The fraction of sp³-hybridized carbons (Fsp3) is 0.259. The number of carbonyl (C=O) groups is 2. The first kappa shape index (κ1) is 26.2. The van der Waals surface area contributed by atoms with E-state index in [0.29, 0.717) is 42.3 Å². The largest absolute Gasteiger partial charge is 0.494 e. The zero-order valence-corrected chi connectivity index (χ0v) is 21.7. The molecule has 4 rings (SSSR count). The number of hydrogen-bond acceptors (Lipinski definition) is 6. The number of nitrogens with one attached hydrogen (secondary N) is 1. The van der Waals surface area contributed by atoms with Crippen molar-refractivity contribution in [1.82, 2.24) is 4.31 Å². The zero-order chi connectivity index (χ0) is 26.6. The summed E-state index contributed by atoms with van der Waals surface area (Å²) in [7, 11) is -0.695. The molecule has 0 atom stereocenters. The summed E-state index contributed by atoms with van der Waals surface area (Å²) in [6.07, 6.45) is 0.609. The molecule has 0 bridgehead atoms. The first-order valence-electron chi connectivity index (χ1n) is 11.8. The molecule has 0 radical (unpaired) electrons. The summed E-state index contributed by atoms with van der Waals surface area (Å²) in [6, 6.07) is 18.6. The van der Waals surface area contributed by atoms with E-state index in [0.717, 1.165) is 15.6 Å². The van der Waals surface area contributed by atoms with E-state index in [9.17, 15) is 18.0 Å². The van der Waals surface area contributed by atoms with Gasteiger partial charge >= 0.3 is 0 Å². The third-order valence-corrected chi connectivity index (χ3v) is 7.70. The van der Waals surface area contributed by atoms with Crippen molar-refractivity contribution in [2.24, 2.45) is 0 Å². The maximum absolute atomic E-state index is 12.8. The average molecular weight is 524 g/mol. The molecule has 2 amide bonds. The highest BCUT2D eigenvalue weighted by atomic mass is 32.2. The number of carbonyl (C=O) groups excluding carboxylic acids is 2. The summed E-state index contributed by atoms with van der Waals surface area (Å²) >= 11 is 0. The van der Waals surface area contributed by atoms with Crippen LogP contribution in [0.4, 0.5) is 11.4 Å². The minimum atomic E-state index is -3.59. The van der Waals surface area contributed by atoms with Crippen LogP contribution in [0.1, 0.15) is 22.3 Å². The van der Waals surface area contributed by atoms with Crippen molar-refractivity contribution in [2.45, 2.75) is 18.2 Å². The van der Waals surface area contributed by atoms with E-state index in [4.69, 9.17) is 9.47 Å². The molecule has 1 aliphatic heterocycles. The van der Waals surface area contributed by atoms with Crippen molar-refractivity contribution in [1.29, 1.82) is 0 Å². The number of aryl methyl sites for hydroxylation is 1. The Bertz CT molecular complexity index is 1390. The molecule has 9 nitrogen and oxygen atoms in total. The van der Waals surface area contributed by atoms with Crippen molar-refractivity contribution in [3.63, 3.8) is 0 Å². The van der Waals surface area contributed by atoms with Crippen LogP contribution in [0.15, 0.2) is 71.6 Å². The number of ether oxygens (including phenoxy) is 2. The maximum Gasteiger partial charge on any atom is 0.265 e. The van der Waals surface area contributed by atoms with Crippen LogP contribution in [-0.2, 0) is 14.8 Å². The molecule has 0 unspecified atom stereocenters. The Morgan fingerprint density at radius 2 is 1.76 bits per heavy atom. The van der Waals surface area contributed by atoms with Gasteiger partial charge < -0.3 is 19.7 Å². The molecule has 0 saturated carbocycles. The first-order chi connectivity index (χ1) is 17.6. The fourth-order valence-corrected chi connectivity index (χ4v) is 4.67. The number of nitrogens with zero attached hydrogens (tertiary/aromatic N) is 2. The third-order valence-electron chi connectivity index (χ3n) is 5.87. The number of sulfonamides is 1. The van der Waals surface area contributed by atoms with Gasteiger partial charge in [-0.15, -0.1) is 0 Å². The van der Waals surface area contributed by atoms with E-state index >= 15 is 0 Å². The topological polar surface area (TPSA) is 105 Å². The van der Waals surface area contributed by atoms with Gasteiger partial charge in [-0.1, -0.05) is 17.7 Å². The summed E-state index contributed by atoms with van der Waals surface area (Å²) in [6.45, 7) is 2.83. The molecule has 0 saturated heterocycles. The SMILES string of the molecule is Cc1ccc(OCCCN2C(=O)COc3ccc(NC(=O)c4ccc(S(=O)(=O)N(C)C)cc4)cc32)cc1. The fourth-order valence-electron chi connectivity index (χ4n) is 3.76. The minimum absolute atomic E-state index is 0.0558. The second-order valence-electron chi connectivity index (χ2n) is 8.80. The van der Waals surface area contributed by atoms with Crippen LogP contribution in [0.3, 0.4) is 0 Å². The van der Waals surface area contributed by atoms with Crippen LogP contribution in [0.5, 0.6) is 11.5 Å². The summed E-state index contributed by atoms with van der Waals surface area (Å²) in [5, 5.41) is 2.80. The Morgan fingerprint density at radius 1 is 1.05 bits per heavy atom. The second-order valence-corrected chi connectivity index (χ2v) is 10.9. The highest BCUT2D eigenvalue weighted by Gasteiger charge is 2.26. The van der Waals surface area contributed by atoms with Gasteiger partial charge in [0.2, 0.25) is 10.0 Å². The Kier molecular flexibility index (Phi) is 7.80. The lowest BCUT2D eigenvalue weighted by atomic mass is 10.1. The molecule has 194 valence electrons. The molecule has 0 aliphatic carbocycles. The highest BCUT2D eigenvalue weighted by Crippen LogP contribution is 2.35. The highest BCUT2D eigenvalue weighted by molar-refractivity contribution is 7.89. The predicted molar refractivity (Wildman–Crippen MR) is 141 cm³/mol. The number of amides is 2. The number of anilines is 2. The molecule has 0 spiro atoms. The van der Waals surface area contributed by atoms with Crippen LogP contribution in [0.25, 0.3) is 0 Å². The smallest absolute Gasteiger partial charge is 0.265 e. The van der Waals surface area contributed by atoms with Crippen molar-refractivity contribution in [3.8, 4) is 11.5 Å². The van der Waals surface area contributed by atoms with Crippen LogP contribution < -0.4 is 19.7 Å². The third kappa shape index (κ3) is 6.10. The molecular weight excluding hydrogens is 494 g/mol. The van der Waals surface area contributed by atoms with Crippen LogP contribution >= 0.6 is 0 Å². The number of fused-ring (bicyclic) bond motifs is 1. The standard InChI is InChI=1S/C27H29N3O6S/c1-19-5-10-22(11-6-19)35-16-4-15-30-24-17-21(9-14-25(24)36-18-26(30)31)28-27(32)20-7-12-23(13-8-20)37(33,34)29(2)3/h5-14,17H,4,15-16,18H2,1-3H3,(H,28,32). The van der Waals surface area contributed by atoms with Gasteiger partial charge in [0.1, 0.15) is 11.5 Å². The normalized spacial score (nSPS) is 13.2. The van der Waals surface area contributed by atoms with Gasteiger partial charge in [-0.25, -0.2) is 12.7 Å². The molecular formula is C27H29N3O6S. The van der Waals surface area contributed by atoms with Crippen LogP contribution in [0, 0.1) is 6.92 Å². The van der Waals surface area contributed by atoms with Gasteiger partial charge in [-0.05, 0) is 67.9 Å². The molecule has 1 aliphatic rings. The van der Waals surface area contributed by atoms with Crippen molar-refractivity contribution in [2.75, 3.05) is 44.1 Å². The number of benzene rings is 3. The molecule has 10 heteroatoms. The lowest BCUT2D eigenvalue weighted by molar-refractivity contribution is -0.121. The number of hydrogen-bond donors (Lipinski definition) is 1. The van der Waals surface area contributed by atoms with E-state index < -0.39 is 15.9 Å². The first-order valence-corrected chi connectivity index (χ1v) is 13.2. The summed E-state index contributed by atoms with van der Waals surface area (Å²) < 4.78 is 37.0. The minimum Gasteiger partial charge on any atom is -0.494 e. The van der Waals surface area contributed by atoms with E-state index in [1.54, 1.807) is 23.1 Å². The molecule has 1 heterocycles. The summed E-state index contributed by atoms with van der Waals surface area (Å²) in [5.41, 5.74) is 2.50. The summed E-state index contributed by atoms with van der Waals surface area (Å²) in [5.74, 6) is 0.741. The van der Waals surface area contributed by atoms with Gasteiger partial charge in [0.25, 0.3) is 11.8 Å². The molecule has 3 aromatic carbocycles. The average Bonchev–Trinajstić information content (AvgIpc) is 2.88. The number of rotatable bonds is 9. The zero-order valence-electron chi connectivity index (χ0n) is 20.9. The lowest BCUT2D eigenvalue weighted by Crippen LogP contribution is -2.39. The Balaban J connectivity index is 1.42. The van der Waals surface area contributed by atoms with Gasteiger partial charge in [0.15, 0.2) is 6.61 Å². The van der Waals surface area contributed by atoms with Gasteiger partial charge in [0, 0.05) is 31.9 Å². The monoisotopic (exact) mass is 523 g/mol. The predicted octanol–water partition coefficient (Wildman–Crippen LogP) is 3.69. The van der Waals surface area contributed by atoms with Crippen molar-refractivity contribution < 1.29 is 27.5 Å². The quantitative estimate of drug-likeness (QED) is 0.429. The molecule has 0 fully saturated rings. The molecule has 37 heavy (non-hydrogen) atoms. The van der Waals surface area contributed by atoms with E-state index in [-0.39, 0.29) is 17.4 Å². The van der Waals surface area contributed by atoms with E-state index in [1.165, 1.54) is 38.4 Å². The van der Waals surface area contributed by atoms with Gasteiger partial charge in [-0.3, -0.25) is 9.59 Å². The van der Waals surface area contributed by atoms with Gasteiger partial charge in [-0.2, -0.15) is 0 Å². The lowest BCUT2D eigenvalue weighted by Gasteiger charge is -2.30. The molecule has 0 aromatic heterocycles. The Hall–Kier alpha value is -3.89. The second kappa shape index (κ2) is 11.0. The maximum atomic E-state index is 12.8. The Morgan fingerprint density at radius 3 is 2.43 bits per heavy atom. The van der Waals surface area contributed by atoms with Crippen LogP contribution in [-0.4, -0.2) is 58.4 Å².